The molecular formula is C31H30N10O2S. The summed E-state index contributed by atoms with van der Waals surface area (Å²) in [6, 6.07) is 18.4. The highest BCUT2D eigenvalue weighted by molar-refractivity contribution is 7.15. The molecule has 0 bridgehead atoms. The van der Waals surface area contributed by atoms with Crippen LogP contribution in [0.3, 0.4) is 0 Å². The summed E-state index contributed by atoms with van der Waals surface area (Å²) in [7, 11) is 0. The van der Waals surface area contributed by atoms with Crippen molar-refractivity contribution in [2.75, 3.05) is 31.5 Å². The van der Waals surface area contributed by atoms with E-state index in [0.717, 1.165) is 54.5 Å². The molecule has 5 heterocycles. The molecule has 7 rings (SSSR count). The molecular weight excluding hydrogens is 576 g/mol. The van der Waals surface area contributed by atoms with Gasteiger partial charge in [0.05, 0.1) is 28.6 Å². The first-order valence-corrected chi connectivity index (χ1v) is 14.9. The van der Waals surface area contributed by atoms with Crippen molar-refractivity contribution >= 4 is 44.8 Å². The van der Waals surface area contributed by atoms with Crippen LogP contribution >= 0.6 is 11.3 Å². The number of carbonyl (C=O) groups is 2. The number of benzene rings is 2. The van der Waals surface area contributed by atoms with Crippen LogP contribution in [0.25, 0.3) is 27.3 Å². The van der Waals surface area contributed by atoms with Crippen LogP contribution in [0.1, 0.15) is 26.5 Å². The van der Waals surface area contributed by atoms with Crippen LogP contribution in [0.2, 0.25) is 0 Å². The lowest BCUT2D eigenvalue weighted by Crippen LogP contribution is -2.43. The van der Waals surface area contributed by atoms with Gasteiger partial charge in [-0.25, -0.2) is 15.8 Å². The molecule has 1 aliphatic heterocycles. The third-order valence-electron chi connectivity index (χ3n) is 7.08. The van der Waals surface area contributed by atoms with Gasteiger partial charge in [0, 0.05) is 73.5 Å². The number of anilines is 1. The predicted octanol–water partition coefficient (Wildman–Crippen LogP) is 3.35. The molecule has 1 saturated heterocycles. The van der Waals surface area contributed by atoms with Gasteiger partial charge in [0.15, 0.2) is 4.96 Å². The van der Waals surface area contributed by atoms with Gasteiger partial charge < -0.3 is 10.6 Å². The number of pyridine rings is 1. The molecule has 2 amide bonds. The Labute approximate surface area is 257 Å². The number of carbonyl (C=O) groups excluding carboxylic acids is 2. The van der Waals surface area contributed by atoms with Crippen molar-refractivity contribution in [3.05, 3.63) is 108 Å². The number of nitrogens with one attached hydrogen (secondary N) is 3. The zero-order chi connectivity index (χ0) is 30.3. The van der Waals surface area contributed by atoms with Crippen molar-refractivity contribution in [2.45, 2.75) is 6.54 Å². The monoisotopic (exact) mass is 606 g/mol. The fraction of sp³-hybridized carbons (Fsp3) is 0.161. The molecule has 222 valence electrons. The molecule has 0 atom stereocenters. The standard InChI is InChI=1S/C25H23N7OS.C6H7N3O/c33-24(22-13-27-20-7-3-4-8-21(20)28-22)29-19-6-2-1-5-18(19)23-15-32-17(16-34-25(32)30-23)14-31-11-9-26-10-12-31;7-9-6(10)5-1-3-8-4-2-5/h1-8,13,15-16,26H,9-12,14H2,(H,29,33);1-4H,7H2,(H,9,10). The third-order valence-corrected chi connectivity index (χ3v) is 7.97. The van der Waals surface area contributed by atoms with Crippen molar-refractivity contribution in [1.82, 2.24) is 40.0 Å². The van der Waals surface area contributed by atoms with Gasteiger partial charge in [-0.3, -0.25) is 34.3 Å². The maximum absolute atomic E-state index is 13.0. The van der Waals surface area contributed by atoms with E-state index < -0.39 is 0 Å². The number of hydrogen-bond acceptors (Lipinski definition) is 10. The van der Waals surface area contributed by atoms with Crippen molar-refractivity contribution in [2.24, 2.45) is 5.84 Å². The van der Waals surface area contributed by atoms with Crippen molar-refractivity contribution < 1.29 is 9.59 Å². The lowest BCUT2D eigenvalue weighted by atomic mass is 10.1. The van der Waals surface area contributed by atoms with Gasteiger partial charge in [0.2, 0.25) is 0 Å². The topological polar surface area (TPSA) is 155 Å². The molecule has 1 fully saturated rings. The average molecular weight is 607 g/mol. The summed E-state index contributed by atoms with van der Waals surface area (Å²) >= 11 is 1.64. The van der Waals surface area contributed by atoms with Gasteiger partial charge in [-0.2, -0.15) is 0 Å². The number of nitrogens with zero attached hydrogens (tertiary/aromatic N) is 6. The van der Waals surface area contributed by atoms with Crippen LogP contribution < -0.4 is 21.9 Å². The Kier molecular flexibility index (Phi) is 8.89. The lowest BCUT2D eigenvalue weighted by molar-refractivity contribution is 0.0952. The number of thiazole rings is 1. The Morgan fingerprint density at radius 2 is 1.68 bits per heavy atom. The Hall–Kier alpha value is -5.08. The molecule has 0 saturated carbocycles. The maximum atomic E-state index is 13.0. The minimum atomic E-state index is -0.303. The fourth-order valence-corrected chi connectivity index (χ4v) is 5.69. The molecule has 5 N–H and O–H groups in total. The van der Waals surface area contributed by atoms with E-state index in [0.29, 0.717) is 16.8 Å². The molecule has 44 heavy (non-hydrogen) atoms. The van der Waals surface area contributed by atoms with E-state index in [1.54, 1.807) is 23.5 Å². The second-order valence-corrected chi connectivity index (χ2v) is 10.8. The highest BCUT2D eigenvalue weighted by Gasteiger charge is 2.17. The molecule has 13 heteroatoms. The van der Waals surface area contributed by atoms with Gasteiger partial charge >= 0.3 is 0 Å². The number of amides is 2. The molecule has 0 spiro atoms. The van der Waals surface area contributed by atoms with Gasteiger partial charge in [-0.1, -0.05) is 30.3 Å². The van der Waals surface area contributed by atoms with Gasteiger partial charge in [-0.05, 0) is 30.3 Å². The van der Waals surface area contributed by atoms with Crippen molar-refractivity contribution in [3.63, 3.8) is 0 Å². The Morgan fingerprint density at radius 3 is 2.48 bits per heavy atom. The van der Waals surface area contributed by atoms with Crippen LogP contribution in [-0.2, 0) is 6.54 Å². The van der Waals surface area contributed by atoms with E-state index >= 15 is 0 Å². The van der Waals surface area contributed by atoms with Gasteiger partial charge in [0.25, 0.3) is 11.8 Å². The molecule has 12 nitrogen and oxygen atoms in total. The number of nitrogens with two attached hydrogens (primary N) is 1. The van der Waals surface area contributed by atoms with Crippen molar-refractivity contribution in [1.29, 1.82) is 0 Å². The zero-order valence-corrected chi connectivity index (χ0v) is 24.5. The first-order chi connectivity index (χ1) is 21.6. The average Bonchev–Trinajstić information content (AvgIpc) is 3.67. The number of rotatable bonds is 6. The molecule has 2 aromatic carbocycles. The number of para-hydroxylation sites is 3. The highest BCUT2D eigenvalue weighted by atomic mass is 32.1. The number of aromatic nitrogens is 5. The van der Waals surface area contributed by atoms with Crippen LogP contribution in [0.4, 0.5) is 5.69 Å². The Balaban J connectivity index is 0.000000294. The number of hydrogen-bond donors (Lipinski definition) is 4. The summed E-state index contributed by atoms with van der Waals surface area (Å²) in [6.07, 6.45) is 6.63. The van der Waals surface area contributed by atoms with Crippen molar-refractivity contribution in [3.8, 4) is 11.3 Å². The largest absolute Gasteiger partial charge is 0.320 e. The van der Waals surface area contributed by atoms with E-state index in [1.165, 1.54) is 24.3 Å². The summed E-state index contributed by atoms with van der Waals surface area (Å²) < 4.78 is 2.16. The predicted molar refractivity (Wildman–Crippen MR) is 170 cm³/mol. The van der Waals surface area contributed by atoms with E-state index in [9.17, 15) is 9.59 Å². The highest BCUT2D eigenvalue weighted by Crippen LogP contribution is 2.30. The fourth-order valence-electron chi connectivity index (χ4n) is 4.83. The molecule has 0 radical (unpaired) electrons. The number of fused-ring (bicyclic) bond motifs is 2. The SMILES string of the molecule is NNC(=O)c1ccncc1.O=C(Nc1ccccc1-c1cn2c(CN3CCNCC3)csc2n1)c1cnc2ccccc2n1. The summed E-state index contributed by atoms with van der Waals surface area (Å²) in [5, 5.41) is 8.58. The smallest absolute Gasteiger partial charge is 0.275 e. The minimum absolute atomic E-state index is 0.276. The van der Waals surface area contributed by atoms with Crippen LogP contribution in [0.5, 0.6) is 0 Å². The zero-order valence-electron chi connectivity index (χ0n) is 23.7. The van der Waals surface area contributed by atoms with Gasteiger partial charge in [-0.15, -0.1) is 11.3 Å². The quantitative estimate of drug-likeness (QED) is 0.127. The van der Waals surface area contributed by atoms with Crippen LogP contribution in [-0.4, -0.2) is 67.2 Å². The molecule has 6 aromatic rings. The second-order valence-electron chi connectivity index (χ2n) is 9.98. The van der Waals surface area contributed by atoms with E-state index in [2.05, 4.69) is 46.5 Å². The molecule has 0 aliphatic carbocycles. The number of piperazine rings is 1. The summed E-state index contributed by atoms with van der Waals surface area (Å²) in [4.78, 5) is 44.6. The lowest BCUT2D eigenvalue weighted by Gasteiger charge is -2.26. The van der Waals surface area contributed by atoms with Crippen LogP contribution in [0, 0.1) is 0 Å². The van der Waals surface area contributed by atoms with Crippen LogP contribution in [0.15, 0.2) is 90.8 Å². The molecule has 4 aromatic heterocycles. The number of nitrogen functional groups attached to an aromatic ring is 1. The normalized spacial score (nSPS) is 13.3. The van der Waals surface area contributed by atoms with E-state index in [1.807, 2.05) is 54.0 Å². The first-order valence-electron chi connectivity index (χ1n) is 14.0. The summed E-state index contributed by atoms with van der Waals surface area (Å²) in [5.74, 6) is 4.28. The molecule has 1 aliphatic rings. The minimum Gasteiger partial charge on any atom is -0.320 e. The molecule has 0 unspecified atom stereocenters. The van der Waals surface area contributed by atoms with E-state index in [-0.39, 0.29) is 17.5 Å². The number of imidazole rings is 1. The Bertz CT molecular complexity index is 1900. The maximum Gasteiger partial charge on any atom is 0.275 e. The Morgan fingerprint density at radius 1 is 0.932 bits per heavy atom. The van der Waals surface area contributed by atoms with Gasteiger partial charge in [0.1, 0.15) is 5.69 Å². The summed E-state index contributed by atoms with van der Waals surface area (Å²) in [6.45, 7) is 5.04. The first kappa shape index (κ1) is 29.0. The van der Waals surface area contributed by atoms with E-state index in [4.69, 9.17) is 10.8 Å². The summed E-state index contributed by atoms with van der Waals surface area (Å²) in [5.41, 5.74) is 7.87. The third kappa shape index (κ3) is 6.61. The second kappa shape index (κ2) is 13.5. The number of hydrazine groups is 1.